The summed E-state index contributed by atoms with van der Waals surface area (Å²) in [5, 5.41) is 7.25. The minimum atomic E-state index is -4.24. The molecule has 1 atom stereocenters. The number of benzene rings is 2. The van der Waals surface area contributed by atoms with Gasteiger partial charge in [-0.3, -0.25) is 14.0 Å². The number of aromatic nitrogens is 6. The summed E-state index contributed by atoms with van der Waals surface area (Å²) in [5.41, 5.74) is 3.72. The van der Waals surface area contributed by atoms with Crippen LogP contribution in [0.15, 0.2) is 58.6 Å². The number of hydrogen-bond donors (Lipinski definition) is 2. The Kier molecular flexibility index (Phi) is 7.05. The highest BCUT2D eigenvalue weighted by atomic mass is 35.5. The Bertz CT molecular complexity index is 2080. The first-order chi connectivity index (χ1) is 20.4. The maximum Gasteiger partial charge on any atom is 0.283 e. The quantitative estimate of drug-likeness (QED) is 0.257. The van der Waals surface area contributed by atoms with Crippen molar-refractivity contribution in [3.05, 3.63) is 92.4 Å². The molecule has 6 rings (SSSR count). The van der Waals surface area contributed by atoms with Crippen LogP contribution in [0, 0.1) is 12.7 Å². The Morgan fingerprint density at radius 1 is 1.05 bits per heavy atom. The predicted octanol–water partition coefficient (Wildman–Crippen LogP) is 4.05. The number of sulfonamides is 1. The summed E-state index contributed by atoms with van der Waals surface area (Å²) < 4.78 is 45.7. The van der Waals surface area contributed by atoms with Gasteiger partial charge < -0.3 is 10.2 Å². The molecule has 0 radical (unpaired) electrons. The van der Waals surface area contributed by atoms with E-state index < -0.39 is 16.1 Å². The molecule has 0 saturated carbocycles. The van der Waals surface area contributed by atoms with Gasteiger partial charge in [0.05, 0.1) is 22.6 Å². The van der Waals surface area contributed by atoms with E-state index in [1.165, 1.54) is 39.8 Å². The molecule has 1 aliphatic heterocycles. The molecule has 0 unspecified atom stereocenters. The fourth-order valence-electron chi connectivity index (χ4n) is 5.26. The summed E-state index contributed by atoms with van der Waals surface area (Å²) in [6.45, 7) is 4.59. The molecule has 0 saturated heterocycles. The van der Waals surface area contributed by atoms with Crippen molar-refractivity contribution in [2.75, 3.05) is 14.9 Å². The lowest BCUT2D eigenvalue weighted by molar-refractivity contribution is 0.597. The van der Waals surface area contributed by atoms with E-state index in [-0.39, 0.29) is 33.2 Å². The van der Waals surface area contributed by atoms with E-state index in [9.17, 15) is 17.6 Å². The van der Waals surface area contributed by atoms with E-state index in [4.69, 9.17) is 16.6 Å². The predicted molar refractivity (Wildman–Crippen MR) is 161 cm³/mol. The lowest BCUT2D eigenvalue weighted by Crippen LogP contribution is -2.28. The molecular formula is C28H27ClFN9O3S. The number of rotatable bonds is 7. The van der Waals surface area contributed by atoms with Gasteiger partial charge in [-0.2, -0.15) is 13.4 Å². The summed E-state index contributed by atoms with van der Waals surface area (Å²) in [6, 6.07) is 10.8. The first-order valence-corrected chi connectivity index (χ1v) is 15.1. The van der Waals surface area contributed by atoms with Crippen LogP contribution in [-0.2, 0) is 37.2 Å². The molecule has 222 valence electrons. The smallest absolute Gasteiger partial charge is 0.283 e. The third-order valence-corrected chi connectivity index (χ3v) is 8.73. The zero-order valence-corrected chi connectivity index (χ0v) is 25.2. The van der Waals surface area contributed by atoms with Gasteiger partial charge >= 0.3 is 0 Å². The van der Waals surface area contributed by atoms with Crippen molar-refractivity contribution in [1.29, 1.82) is 0 Å². The number of fused-ring (bicyclic) bond motifs is 2. The van der Waals surface area contributed by atoms with Gasteiger partial charge in [-0.05, 0) is 60.9 Å². The minimum absolute atomic E-state index is 0.0186. The molecule has 0 bridgehead atoms. The maximum absolute atomic E-state index is 13.9. The van der Waals surface area contributed by atoms with Gasteiger partial charge in [0.15, 0.2) is 0 Å². The number of nitrogens with one attached hydrogen (secondary N) is 2. The number of hydrogen-bond acceptors (Lipinski definition) is 9. The Hall–Kier alpha value is -4.56. The molecule has 3 aromatic heterocycles. The van der Waals surface area contributed by atoms with Crippen molar-refractivity contribution in [3.63, 3.8) is 0 Å². The van der Waals surface area contributed by atoms with Crippen LogP contribution in [0.4, 0.5) is 22.0 Å². The SMILES string of the molecule is Cc1cc([C@@H](C)Nc2ccc(Cl)nc2S(=O)(=O)Nc2ncn(C)n2)c2nc(N3Cc4ccc(F)cc4C3)n(C)c(=O)c2c1. The van der Waals surface area contributed by atoms with Crippen LogP contribution >= 0.6 is 11.6 Å². The summed E-state index contributed by atoms with van der Waals surface area (Å²) in [5.74, 6) is 0.00501. The molecule has 2 aromatic carbocycles. The number of anilines is 3. The van der Waals surface area contributed by atoms with Crippen LogP contribution in [0.2, 0.25) is 5.15 Å². The molecule has 0 fully saturated rings. The summed E-state index contributed by atoms with van der Waals surface area (Å²) in [6.07, 6.45) is 1.36. The van der Waals surface area contributed by atoms with Gasteiger partial charge in [-0.15, -0.1) is 5.10 Å². The van der Waals surface area contributed by atoms with Gasteiger partial charge in [0.2, 0.25) is 11.0 Å². The molecule has 12 nitrogen and oxygen atoms in total. The minimum Gasteiger partial charge on any atom is -0.376 e. The fourth-order valence-corrected chi connectivity index (χ4v) is 6.52. The topological polar surface area (TPSA) is 140 Å². The summed E-state index contributed by atoms with van der Waals surface area (Å²) >= 11 is 6.10. The van der Waals surface area contributed by atoms with Crippen molar-refractivity contribution >= 4 is 50.1 Å². The monoisotopic (exact) mass is 623 g/mol. The second-order valence-electron chi connectivity index (χ2n) is 10.5. The average molecular weight is 624 g/mol. The van der Waals surface area contributed by atoms with E-state index in [0.29, 0.717) is 35.5 Å². The third-order valence-electron chi connectivity index (χ3n) is 7.25. The largest absolute Gasteiger partial charge is 0.376 e. The molecule has 43 heavy (non-hydrogen) atoms. The van der Waals surface area contributed by atoms with Crippen molar-refractivity contribution in [2.45, 2.75) is 38.0 Å². The van der Waals surface area contributed by atoms with Crippen LogP contribution in [0.25, 0.3) is 10.9 Å². The van der Waals surface area contributed by atoms with Gasteiger partial charge in [-0.25, -0.2) is 19.1 Å². The van der Waals surface area contributed by atoms with Gasteiger partial charge in [0.25, 0.3) is 21.5 Å². The number of pyridine rings is 1. The molecule has 2 N–H and O–H groups in total. The molecule has 0 aliphatic carbocycles. The second kappa shape index (κ2) is 10.6. The van der Waals surface area contributed by atoms with Crippen LogP contribution in [-0.4, -0.2) is 37.7 Å². The van der Waals surface area contributed by atoms with E-state index in [1.807, 2.05) is 24.8 Å². The summed E-state index contributed by atoms with van der Waals surface area (Å²) in [7, 11) is -0.966. The highest BCUT2D eigenvalue weighted by Gasteiger charge is 2.27. The molecular weight excluding hydrogens is 597 g/mol. The van der Waals surface area contributed by atoms with E-state index in [0.717, 1.165) is 16.7 Å². The normalized spacial score (nSPS) is 13.8. The van der Waals surface area contributed by atoms with Gasteiger partial charge in [0, 0.05) is 32.7 Å². The van der Waals surface area contributed by atoms with Gasteiger partial charge in [-0.1, -0.05) is 23.7 Å². The number of nitrogens with zero attached hydrogens (tertiary/aromatic N) is 7. The molecule has 5 aromatic rings. The highest BCUT2D eigenvalue weighted by Crippen LogP contribution is 2.32. The maximum atomic E-state index is 13.9. The van der Waals surface area contributed by atoms with E-state index in [1.54, 1.807) is 26.2 Å². The standard InChI is InChI=1S/C28H27ClFN9O3S/c1-15-9-20(16(2)32-22-7-8-23(29)33-25(22)43(41,42)36-27-31-14-37(3)35-27)24-21(10-15)26(40)38(4)28(34-24)39-12-17-5-6-19(30)11-18(17)13-39/h5-11,14,16,32H,12-13H2,1-4H3,(H,35,36)/t16-/m1/s1. The van der Waals surface area contributed by atoms with Crippen LogP contribution in [0.3, 0.4) is 0 Å². The average Bonchev–Trinajstić information content (AvgIpc) is 3.56. The fraction of sp³-hybridized carbons (Fsp3) is 0.250. The molecule has 1 aliphatic rings. The zero-order chi connectivity index (χ0) is 30.6. The molecule has 0 spiro atoms. The molecule has 15 heteroatoms. The van der Waals surface area contributed by atoms with Crippen molar-refractivity contribution in [3.8, 4) is 0 Å². The Morgan fingerprint density at radius 3 is 2.56 bits per heavy atom. The van der Waals surface area contributed by atoms with Crippen molar-refractivity contribution in [1.82, 2.24) is 29.3 Å². The first-order valence-electron chi connectivity index (χ1n) is 13.2. The first kappa shape index (κ1) is 28.6. The lowest BCUT2D eigenvalue weighted by Gasteiger charge is -2.23. The third kappa shape index (κ3) is 5.39. The van der Waals surface area contributed by atoms with Crippen LogP contribution < -0.4 is 20.5 Å². The van der Waals surface area contributed by atoms with Crippen molar-refractivity contribution < 1.29 is 12.8 Å². The van der Waals surface area contributed by atoms with E-state index >= 15 is 0 Å². The lowest BCUT2D eigenvalue weighted by atomic mass is 10.0. The number of aryl methyl sites for hydroxylation is 2. The molecule has 4 heterocycles. The number of halogens is 2. The summed E-state index contributed by atoms with van der Waals surface area (Å²) in [4.78, 5) is 28.5. The van der Waals surface area contributed by atoms with Gasteiger partial charge in [0.1, 0.15) is 17.3 Å². The second-order valence-corrected chi connectivity index (χ2v) is 12.5. The van der Waals surface area contributed by atoms with E-state index in [2.05, 4.69) is 25.1 Å². The Morgan fingerprint density at radius 2 is 1.81 bits per heavy atom. The highest BCUT2D eigenvalue weighted by molar-refractivity contribution is 7.92. The van der Waals surface area contributed by atoms with Crippen LogP contribution in [0.1, 0.15) is 35.2 Å². The Balaban J connectivity index is 1.39. The van der Waals surface area contributed by atoms with Crippen LogP contribution in [0.5, 0.6) is 0 Å². The molecule has 0 amide bonds. The van der Waals surface area contributed by atoms with Crippen molar-refractivity contribution in [2.24, 2.45) is 14.1 Å². The Labute approximate surface area is 251 Å². The zero-order valence-electron chi connectivity index (χ0n) is 23.6.